The fraction of sp³-hybridized carbons (Fsp3) is 0.667. The van der Waals surface area contributed by atoms with Crippen LogP contribution in [0.15, 0.2) is 24.3 Å². The summed E-state index contributed by atoms with van der Waals surface area (Å²) in [6.07, 6.45) is 7.37. The van der Waals surface area contributed by atoms with E-state index in [4.69, 9.17) is 11.6 Å². The van der Waals surface area contributed by atoms with Gasteiger partial charge in [-0.1, -0.05) is 56.8 Å². The van der Waals surface area contributed by atoms with Gasteiger partial charge in [0.1, 0.15) is 0 Å². The Labute approximate surface area is 191 Å². The van der Waals surface area contributed by atoms with Crippen molar-refractivity contribution < 1.29 is 9.59 Å². The summed E-state index contributed by atoms with van der Waals surface area (Å²) in [6.45, 7) is 5.43. The highest BCUT2D eigenvalue weighted by Gasteiger charge is 2.37. The molecule has 172 valence electrons. The minimum atomic E-state index is -0.327. The molecule has 6 nitrogen and oxygen atoms in total. The van der Waals surface area contributed by atoms with Gasteiger partial charge in [-0.15, -0.1) is 0 Å². The molecule has 1 saturated heterocycles. The van der Waals surface area contributed by atoms with E-state index < -0.39 is 0 Å². The molecule has 0 aromatic heterocycles. The van der Waals surface area contributed by atoms with Gasteiger partial charge in [-0.05, 0) is 50.4 Å². The van der Waals surface area contributed by atoms with Gasteiger partial charge >= 0.3 is 0 Å². The molecular weight excluding hydrogens is 412 g/mol. The van der Waals surface area contributed by atoms with Crippen LogP contribution in [0.4, 0.5) is 0 Å². The minimum Gasteiger partial charge on any atom is -0.335 e. The summed E-state index contributed by atoms with van der Waals surface area (Å²) in [7, 11) is 1.80. The molecule has 1 aromatic rings. The lowest BCUT2D eigenvalue weighted by Crippen LogP contribution is -2.53. The summed E-state index contributed by atoms with van der Waals surface area (Å²) in [5.74, 6) is 0.206. The second-order valence-electron chi connectivity index (χ2n) is 9.23. The molecule has 0 unspecified atom stereocenters. The van der Waals surface area contributed by atoms with Crippen molar-refractivity contribution in [3.8, 4) is 0 Å². The first-order valence-corrected chi connectivity index (χ1v) is 12.1. The standard InChI is InChI=1S/C24H37ClN4O2/c1-17(2)24(31)29(20-7-5-4-6-8-20)21-13-14-28(16-21)27-23(30)22(26-3)15-18-9-11-19(25)12-10-18/h9-12,17,20-22,26H,4-8,13-16H2,1-3H3,(H,27,30)/t21-,22+/m0/s1. The van der Waals surface area contributed by atoms with E-state index in [1.807, 2.05) is 43.1 Å². The number of nitrogens with zero attached hydrogens (tertiary/aromatic N) is 2. The summed E-state index contributed by atoms with van der Waals surface area (Å²) in [4.78, 5) is 28.1. The number of carbonyl (C=O) groups excluding carboxylic acids is 2. The van der Waals surface area contributed by atoms with Gasteiger partial charge in [0, 0.05) is 36.1 Å². The van der Waals surface area contributed by atoms with Gasteiger partial charge in [0.2, 0.25) is 5.91 Å². The topological polar surface area (TPSA) is 64.7 Å². The normalized spacial score (nSPS) is 21.3. The second kappa shape index (κ2) is 11.3. The van der Waals surface area contributed by atoms with Gasteiger partial charge < -0.3 is 10.2 Å². The summed E-state index contributed by atoms with van der Waals surface area (Å²) < 4.78 is 0. The van der Waals surface area contributed by atoms with Crippen LogP contribution in [0.2, 0.25) is 5.02 Å². The number of hydrogen-bond acceptors (Lipinski definition) is 4. The van der Waals surface area contributed by atoms with Crippen molar-refractivity contribution in [2.24, 2.45) is 5.92 Å². The third kappa shape index (κ3) is 6.43. The lowest BCUT2D eigenvalue weighted by molar-refractivity contribution is -0.140. The average Bonchev–Trinajstić information content (AvgIpc) is 3.21. The van der Waals surface area contributed by atoms with E-state index >= 15 is 0 Å². The number of amides is 2. The molecule has 1 aliphatic carbocycles. The largest absolute Gasteiger partial charge is 0.335 e. The third-order valence-corrected chi connectivity index (χ3v) is 6.81. The van der Waals surface area contributed by atoms with Crippen LogP contribution in [-0.2, 0) is 16.0 Å². The highest BCUT2D eigenvalue weighted by molar-refractivity contribution is 6.30. The number of likely N-dealkylation sites (N-methyl/N-ethyl adjacent to an activating group) is 1. The number of hydrogen-bond donors (Lipinski definition) is 2. The smallest absolute Gasteiger partial charge is 0.251 e. The fourth-order valence-corrected chi connectivity index (χ4v) is 4.93. The Kier molecular flexibility index (Phi) is 8.76. The molecule has 2 N–H and O–H groups in total. The Morgan fingerprint density at radius 3 is 2.39 bits per heavy atom. The van der Waals surface area contributed by atoms with Crippen LogP contribution >= 0.6 is 11.6 Å². The molecular formula is C24H37ClN4O2. The highest BCUT2D eigenvalue weighted by Crippen LogP contribution is 2.28. The van der Waals surface area contributed by atoms with E-state index in [9.17, 15) is 9.59 Å². The molecule has 2 atom stereocenters. The number of halogens is 1. The Morgan fingerprint density at radius 2 is 1.77 bits per heavy atom. The maximum Gasteiger partial charge on any atom is 0.251 e. The van der Waals surface area contributed by atoms with Crippen molar-refractivity contribution in [1.29, 1.82) is 0 Å². The van der Waals surface area contributed by atoms with Gasteiger partial charge in [-0.25, -0.2) is 5.01 Å². The van der Waals surface area contributed by atoms with E-state index in [1.165, 1.54) is 19.3 Å². The van der Waals surface area contributed by atoms with Crippen LogP contribution in [0.25, 0.3) is 0 Å². The zero-order valence-corrected chi connectivity index (χ0v) is 19.8. The first-order valence-electron chi connectivity index (χ1n) is 11.7. The van der Waals surface area contributed by atoms with E-state index in [0.717, 1.165) is 31.4 Å². The Bertz CT molecular complexity index is 734. The van der Waals surface area contributed by atoms with Crippen molar-refractivity contribution in [2.45, 2.75) is 76.9 Å². The van der Waals surface area contributed by atoms with Crippen molar-refractivity contribution in [3.63, 3.8) is 0 Å². The van der Waals surface area contributed by atoms with Crippen LogP contribution in [0, 0.1) is 5.92 Å². The molecule has 1 aliphatic heterocycles. The Balaban J connectivity index is 1.59. The molecule has 1 saturated carbocycles. The third-order valence-electron chi connectivity index (χ3n) is 6.56. The van der Waals surface area contributed by atoms with Crippen LogP contribution in [0.5, 0.6) is 0 Å². The van der Waals surface area contributed by atoms with E-state index in [2.05, 4.69) is 15.6 Å². The fourth-order valence-electron chi connectivity index (χ4n) is 4.80. The SMILES string of the molecule is CN[C@H](Cc1ccc(Cl)cc1)C(=O)NN1CC[C@H](N(C(=O)C(C)C)C2CCCCC2)C1. The first-order chi connectivity index (χ1) is 14.9. The first kappa shape index (κ1) is 24.0. The monoisotopic (exact) mass is 448 g/mol. The zero-order chi connectivity index (χ0) is 22.4. The lowest BCUT2D eigenvalue weighted by Gasteiger charge is -2.39. The van der Waals surface area contributed by atoms with Crippen LogP contribution in [-0.4, -0.2) is 60.0 Å². The quantitative estimate of drug-likeness (QED) is 0.639. The van der Waals surface area contributed by atoms with Crippen molar-refractivity contribution in [3.05, 3.63) is 34.9 Å². The minimum absolute atomic E-state index is 0.00128. The predicted octanol–water partition coefficient (Wildman–Crippen LogP) is 3.39. The predicted molar refractivity (Wildman–Crippen MR) is 125 cm³/mol. The van der Waals surface area contributed by atoms with Crippen LogP contribution < -0.4 is 10.7 Å². The number of hydrazine groups is 1. The number of nitrogens with one attached hydrogen (secondary N) is 2. The van der Waals surface area contributed by atoms with E-state index in [-0.39, 0.29) is 29.8 Å². The molecule has 1 aromatic carbocycles. The molecule has 7 heteroatoms. The Hall–Kier alpha value is -1.63. The zero-order valence-electron chi connectivity index (χ0n) is 19.1. The molecule has 2 amide bonds. The number of rotatable bonds is 8. The van der Waals surface area contributed by atoms with Gasteiger partial charge in [0.15, 0.2) is 0 Å². The van der Waals surface area contributed by atoms with Crippen LogP contribution in [0.1, 0.15) is 57.9 Å². The molecule has 3 rings (SSSR count). The average molecular weight is 449 g/mol. The number of benzene rings is 1. The molecule has 0 spiro atoms. The van der Waals surface area contributed by atoms with Gasteiger partial charge in [0.05, 0.1) is 6.04 Å². The van der Waals surface area contributed by atoms with Crippen molar-refractivity contribution in [1.82, 2.24) is 20.7 Å². The summed E-state index contributed by atoms with van der Waals surface area (Å²) >= 11 is 5.97. The summed E-state index contributed by atoms with van der Waals surface area (Å²) in [5.41, 5.74) is 4.14. The maximum atomic E-state index is 13.0. The van der Waals surface area contributed by atoms with Crippen molar-refractivity contribution in [2.75, 3.05) is 20.1 Å². The summed E-state index contributed by atoms with van der Waals surface area (Å²) in [6, 6.07) is 7.78. The molecule has 2 aliphatic rings. The van der Waals surface area contributed by atoms with E-state index in [1.54, 1.807) is 7.05 Å². The molecule has 0 radical (unpaired) electrons. The summed E-state index contributed by atoms with van der Waals surface area (Å²) in [5, 5.41) is 5.80. The molecule has 0 bridgehead atoms. The number of carbonyl (C=O) groups is 2. The van der Waals surface area contributed by atoms with Crippen molar-refractivity contribution >= 4 is 23.4 Å². The molecule has 2 fully saturated rings. The Morgan fingerprint density at radius 1 is 1.10 bits per heavy atom. The van der Waals surface area contributed by atoms with Crippen LogP contribution in [0.3, 0.4) is 0 Å². The molecule has 1 heterocycles. The van der Waals surface area contributed by atoms with Gasteiger partial charge in [-0.2, -0.15) is 0 Å². The highest BCUT2D eigenvalue weighted by atomic mass is 35.5. The maximum absolute atomic E-state index is 13.0. The van der Waals surface area contributed by atoms with Gasteiger partial charge in [0.25, 0.3) is 5.91 Å². The van der Waals surface area contributed by atoms with E-state index in [0.29, 0.717) is 24.0 Å². The second-order valence-corrected chi connectivity index (χ2v) is 9.66. The van der Waals surface area contributed by atoms with Gasteiger partial charge in [-0.3, -0.25) is 15.0 Å². The lowest BCUT2D eigenvalue weighted by atomic mass is 9.92. The molecule has 31 heavy (non-hydrogen) atoms.